The Kier molecular flexibility index (Phi) is 4.17. The van der Waals surface area contributed by atoms with E-state index in [0.29, 0.717) is 17.9 Å². The van der Waals surface area contributed by atoms with Crippen LogP contribution in [0.5, 0.6) is 0 Å². The Labute approximate surface area is 109 Å². The molecule has 0 N–H and O–H groups in total. The molecule has 1 saturated carbocycles. The van der Waals surface area contributed by atoms with Crippen LogP contribution in [0.3, 0.4) is 0 Å². The van der Waals surface area contributed by atoms with Crippen LogP contribution in [0.2, 0.25) is 0 Å². The van der Waals surface area contributed by atoms with E-state index < -0.39 is 0 Å². The molecule has 0 aromatic carbocycles. The first-order chi connectivity index (χ1) is 8.56. The molecule has 0 amide bonds. The number of Topliss-reactive ketones (excluding diaryl/α,β-unsaturated/α-hetero) is 1. The minimum absolute atomic E-state index is 0.413. The second-order valence-corrected chi connectivity index (χ2v) is 5.57. The maximum Gasteiger partial charge on any atom is 0.133 e. The van der Waals surface area contributed by atoms with Gasteiger partial charge in [-0.05, 0) is 39.8 Å². The molecule has 1 aliphatic carbocycles. The molecular formula is C14H23N3O. The lowest BCUT2D eigenvalue weighted by Crippen LogP contribution is -2.34. The van der Waals surface area contributed by atoms with Crippen LogP contribution in [-0.2, 0) is 11.3 Å². The van der Waals surface area contributed by atoms with E-state index in [-0.39, 0.29) is 0 Å². The Hall–Kier alpha value is -1.16. The summed E-state index contributed by atoms with van der Waals surface area (Å²) in [5.41, 5.74) is 1.11. The van der Waals surface area contributed by atoms with E-state index in [2.05, 4.69) is 37.0 Å². The third kappa shape index (κ3) is 3.19. The number of ketones is 1. The summed E-state index contributed by atoms with van der Waals surface area (Å²) in [6.07, 6.45) is 5.53. The normalized spacial score (nSPS) is 17.9. The van der Waals surface area contributed by atoms with Crippen molar-refractivity contribution in [2.75, 3.05) is 7.05 Å². The highest BCUT2D eigenvalue weighted by atomic mass is 16.1. The van der Waals surface area contributed by atoms with Crippen molar-refractivity contribution in [2.45, 2.75) is 58.2 Å². The molecule has 1 aromatic heterocycles. The van der Waals surface area contributed by atoms with E-state index in [4.69, 9.17) is 0 Å². The maximum atomic E-state index is 11.2. The smallest absolute Gasteiger partial charge is 0.133 e. The monoisotopic (exact) mass is 249 g/mol. The average Bonchev–Trinajstić information content (AvgIpc) is 2.78. The molecule has 18 heavy (non-hydrogen) atoms. The molecule has 0 bridgehead atoms. The molecule has 4 nitrogen and oxygen atoms in total. The first-order valence-corrected chi connectivity index (χ1v) is 6.82. The minimum atomic E-state index is 0.413. The summed E-state index contributed by atoms with van der Waals surface area (Å²) in [5.74, 6) is 0.420. The summed E-state index contributed by atoms with van der Waals surface area (Å²) < 4.78 is 1.99. The average molecular weight is 249 g/mol. The molecule has 1 aliphatic rings. The molecule has 0 saturated heterocycles. The topological polar surface area (TPSA) is 38.1 Å². The summed E-state index contributed by atoms with van der Waals surface area (Å²) in [6, 6.07) is 3.04. The standard InChI is InChI=1S/C14H23N3O/c1-11(2)17-9-8-12(15-17)10-16(3)13-4-6-14(18)7-5-13/h8-9,11,13H,4-7,10H2,1-3H3. The fourth-order valence-corrected chi connectivity index (χ4v) is 2.50. The Morgan fingerprint density at radius 3 is 2.67 bits per heavy atom. The van der Waals surface area contributed by atoms with Crippen LogP contribution >= 0.6 is 0 Å². The van der Waals surface area contributed by atoms with Crippen molar-refractivity contribution in [3.63, 3.8) is 0 Å². The van der Waals surface area contributed by atoms with Crippen molar-refractivity contribution >= 4 is 5.78 Å². The third-order valence-corrected chi connectivity index (χ3v) is 3.74. The summed E-state index contributed by atoms with van der Waals surface area (Å²) >= 11 is 0. The molecule has 0 unspecified atom stereocenters. The summed E-state index contributed by atoms with van der Waals surface area (Å²) in [5, 5.41) is 4.57. The van der Waals surface area contributed by atoms with Crippen LogP contribution < -0.4 is 0 Å². The summed E-state index contributed by atoms with van der Waals surface area (Å²) in [4.78, 5) is 13.6. The van der Waals surface area contributed by atoms with E-state index in [9.17, 15) is 4.79 Å². The summed E-state index contributed by atoms with van der Waals surface area (Å²) in [6.45, 7) is 5.14. The van der Waals surface area contributed by atoms with Gasteiger partial charge in [-0.25, -0.2) is 0 Å². The fraction of sp³-hybridized carbons (Fsp3) is 0.714. The fourth-order valence-electron chi connectivity index (χ4n) is 2.50. The Morgan fingerprint density at radius 2 is 2.11 bits per heavy atom. The van der Waals surface area contributed by atoms with Gasteiger partial charge in [0, 0.05) is 37.7 Å². The van der Waals surface area contributed by atoms with Gasteiger partial charge in [-0.3, -0.25) is 14.4 Å². The van der Waals surface area contributed by atoms with Gasteiger partial charge in [0.05, 0.1) is 5.69 Å². The molecule has 2 rings (SSSR count). The number of hydrogen-bond donors (Lipinski definition) is 0. The van der Waals surface area contributed by atoms with Crippen LogP contribution in [0.15, 0.2) is 12.3 Å². The lowest BCUT2D eigenvalue weighted by molar-refractivity contribution is -0.121. The van der Waals surface area contributed by atoms with Crippen LogP contribution in [0, 0.1) is 0 Å². The van der Waals surface area contributed by atoms with E-state index in [1.54, 1.807) is 0 Å². The minimum Gasteiger partial charge on any atom is -0.300 e. The van der Waals surface area contributed by atoms with Crippen molar-refractivity contribution in [3.05, 3.63) is 18.0 Å². The Morgan fingerprint density at radius 1 is 1.44 bits per heavy atom. The van der Waals surface area contributed by atoms with E-state index in [1.165, 1.54) is 0 Å². The third-order valence-electron chi connectivity index (χ3n) is 3.74. The molecule has 1 heterocycles. The van der Waals surface area contributed by atoms with Crippen molar-refractivity contribution in [1.82, 2.24) is 14.7 Å². The molecule has 0 atom stereocenters. The SMILES string of the molecule is CC(C)n1ccc(CN(C)C2CCC(=O)CC2)n1. The predicted octanol–water partition coefficient (Wildman–Crippen LogP) is 2.41. The van der Waals surface area contributed by atoms with Gasteiger partial charge < -0.3 is 0 Å². The van der Waals surface area contributed by atoms with Crippen LogP contribution in [0.1, 0.15) is 51.3 Å². The van der Waals surface area contributed by atoms with Crippen LogP contribution in [-0.4, -0.2) is 33.6 Å². The number of carbonyl (C=O) groups excluding carboxylic acids is 1. The van der Waals surface area contributed by atoms with Gasteiger partial charge in [0.15, 0.2) is 0 Å². The molecule has 1 aromatic rings. The molecule has 100 valence electrons. The van der Waals surface area contributed by atoms with Crippen molar-refractivity contribution in [3.8, 4) is 0 Å². The van der Waals surface area contributed by atoms with E-state index in [0.717, 1.165) is 37.9 Å². The zero-order valence-electron chi connectivity index (χ0n) is 11.6. The number of hydrogen-bond acceptors (Lipinski definition) is 3. The quantitative estimate of drug-likeness (QED) is 0.822. The number of aromatic nitrogens is 2. The van der Waals surface area contributed by atoms with Gasteiger partial charge in [0.2, 0.25) is 0 Å². The van der Waals surface area contributed by atoms with Crippen LogP contribution in [0.25, 0.3) is 0 Å². The maximum absolute atomic E-state index is 11.2. The predicted molar refractivity (Wildman–Crippen MR) is 71.3 cm³/mol. The number of rotatable bonds is 4. The van der Waals surface area contributed by atoms with Crippen molar-refractivity contribution in [2.24, 2.45) is 0 Å². The molecule has 0 radical (unpaired) electrons. The van der Waals surface area contributed by atoms with Gasteiger partial charge in [-0.15, -0.1) is 0 Å². The highest BCUT2D eigenvalue weighted by molar-refractivity contribution is 5.79. The Balaban J connectivity index is 1.89. The van der Waals surface area contributed by atoms with Gasteiger partial charge in [0.1, 0.15) is 5.78 Å². The van der Waals surface area contributed by atoms with Crippen molar-refractivity contribution in [1.29, 1.82) is 0 Å². The highest BCUT2D eigenvalue weighted by Gasteiger charge is 2.22. The van der Waals surface area contributed by atoms with Crippen molar-refractivity contribution < 1.29 is 4.79 Å². The highest BCUT2D eigenvalue weighted by Crippen LogP contribution is 2.20. The van der Waals surface area contributed by atoms with Gasteiger partial charge in [0.25, 0.3) is 0 Å². The first kappa shape index (κ1) is 13.3. The lowest BCUT2D eigenvalue weighted by Gasteiger charge is -2.30. The van der Waals surface area contributed by atoms with Crippen LogP contribution in [0.4, 0.5) is 0 Å². The van der Waals surface area contributed by atoms with Gasteiger partial charge >= 0.3 is 0 Å². The molecular weight excluding hydrogens is 226 g/mol. The number of nitrogens with zero attached hydrogens (tertiary/aromatic N) is 3. The molecule has 0 aliphatic heterocycles. The molecule has 1 fully saturated rings. The van der Waals surface area contributed by atoms with E-state index in [1.807, 2.05) is 10.9 Å². The van der Waals surface area contributed by atoms with Gasteiger partial charge in [-0.2, -0.15) is 5.10 Å². The summed E-state index contributed by atoms with van der Waals surface area (Å²) in [7, 11) is 2.13. The second-order valence-electron chi connectivity index (χ2n) is 5.57. The first-order valence-electron chi connectivity index (χ1n) is 6.82. The largest absolute Gasteiger partial charge is 0.300 e. The zero-order valence-corrected chi connectivity index (χ0v) is 11.6. The second kappa shape index (κ2) is 5.65. The Bertz CT molecular complexity index is 401. The number of carbonyl (C=O) groups is 1. The van der Waals surface area contributed by atoms with Gasteiger partial charge in [-0.1, -0.05) is 0 Å². The molecule has 0 spiro atoms. The van der Waals surface area contributed by atoms with E-state index >= 15 is 0 Å². The molecule has 4 heteroatoms. The zero-order chi connectivity index (χ0) is 13.1. The lowest BCUT2D eigenvalue weighted by atomic mass is 9.93.